The van der Waals surface area contributed by atoms with E-state index in [1.54, 1.807) is 52.0 Å². The van der Waals surface area contributed by atoms with Gasteiger partial charge in [-0.2, -0.15) is 0 Å². The van der Waals surface area contributed by atoms with Gasteiger partial charge in [-0.1, -0.05) is 24.1 Å². The maximum Gasteiger partial charge on any atom is 0.408 e. The molecule has 0 aliphatic carbocycles. The SMILES string of the molecule is C#Cc1ccc(C(C(=O)NCCC(=O)OCC)N(CC=C)C(=O)C(CCC(N)=O)NC(=O)OC(C)(C)C)cc1. The van der Waals surface area contributed by atoms with E-state index in [1.165, 1.54) is 11.0 Å². The number of carbonyl (C=O) groups excluding carboxylic acids is 5. The van der Waals surface area contributed by atoms with Gasteiger partial charge in [0, 0.05) is 25.1 Å². The minimum atomic E-state index is -1.24. The molecule has 0 saturated heterocycles. The zero-order valence-electron chi connectivity index (χ0n) is 23.0. The largest absolute Gasteiger partial charge is 0.466 e. The third-order valence-electron chi connectivity index (χ3n) is 5.16. The number of carbonyl (C=O) groups is 5. The van der Waals surface area contributed by atoms with Gasteiger partial charge in [0.05, 0.1) is 13.0 Å². The molecule has 0 fully saturated rings. The molecule has 39 heavy (non-hydrogen) atoms. The first-order chi connectivity index (χ1) is 18.3. The highest BCUT2D eigenvalue weighted by atomic mass is 16.6. The number of alkyl carbamates (subject to hydrolysis) is 1. The third-order valence-corrected chi connectivity index (χ3v) is 5.16. The molecular weight excluding hydrogens is 504 g/mol. The molecule has 212 valence electrons. The molecule has 11 heteroatoms. The van der Waals surface area contributed by atoms with E-state index >= 15 is 0 Å². The van der Waals surface area contributed by atoms with Crippen molar-refractivity contribution in [1.82, 2.24) is 15.5 Å². The highest BCUT2D eigenvalue weighted by molar-refractivity contribution is 5.92. The number of terminal acetylenes is 1. The van der Waals surface area contributed by atoms with Gasteiger partial charge in [0.25, 0.3) is 0 Å². The first-order valence-electron chi connectivity index (χ1n) is 12.5. The van der Waals surface area contributed by atoms with Crippen molar-refractivity contribution in [1.29, 1.82) is 0 Å². The fourth-order valence-electron chi connectivity index (χ4n) is 3.51. The standard InChI is InChI=1S/C28H38N4O7/c1-7-18-32(26(36)21(14-15-22(29)33)31-27(37)39-28(4,5)6)24(20-12-10-19(8-2)11-13-20)25(35)30-17-16-23(34)38-9-3/h2,7,10-13,21,24H,1,9,14-18H2,3-6H3,(H2,29,33)(H,30,35)(H,31,37). The molecule has 0 bridgehead atoms. The molecule has 1 aromatic rings. The molecule has 0 saturated carbocycles. The summed E-state index contributed by atoms with van der Waals surface area (Å²) in [4.78, 5) is 64.2. The van der Waals surface area contributed by atoms with Crippen LogP contribution in [0, 0.1) is 12.3 Å². The number of rotatable bonds is 14. The van der Waals surface area contributed by atoms with Gasteiger partial charge < -0.3 is 30.7 Å². The number of nitrogens with zero attached hydrogens (tertiary/aromatic N) is 1. The fraction of sp³-hybridized carbons (Fsp3) is 0.464. The molecule has 0 aromatic heterocycles. The van der Waals surface area contributed by atoms with E-state index in [-0.39, 0.29) is 39.0 Å². The lowest BCUT2D eigenvalue weighted by Crippen LogP contribution is -2.53. The summed E-state index contributed by atoms with van der Waals surface area (Å²) in [6, 6.07) is 4.01. The highest BCUT2D eigenvalue weighted by Gasteiger charge is 2.36. The number of benzene rings is 1. The lowest BCUT2D eigenvalue weighted by molar-refractivity contribution is -0.144. The Labute approximate surface area is 229 Å². The molecular formula is C28H38N4O7. The predicted octanol–water partition coefficient (Wildman–Crippen LogP) is 1.95. The van der Waals surface area contributed by atoms with E-state index < -0.39 is 47.5 Å². The number of hydrogen-bond donors (Lipinski definition) is 3. The maximum atomic E-state index is 13.8. The molecule has 0 spiro atoms. The van der Waals surface area contributed by atoms with Gasteiger partial charge in [-0.05, 0) is 51.8 Å². The lowest BCUT2D eigenvalue weighted by atomic mass is 10.00. The fourth-order valence-corrected chi connectivity index (χ4v) is 3.51. The van der Waals surface area contributed by atoms with Crippen molar-refractivity contribution in [3.63, 3.8) is 0 Å². The monoisotopic (exact) mass is 542 g/mol. The lowest BCUT2D eigenvalue weighted by Gasteiger charge is -2.33. The second kappa shape index (κ2) is 15.8. The Kier molecular flexibility index (Phi) is 13.3. The molecule has 4 N–H and O–H groups in total. The maximum absolute atomic E-state index is 13.8. The van der Waals surface area contributed by atoms with Crippen LogP contribution >= 0.6 is 0 Å². The van der Waals surface area contributed by atoms with Crippen LogP contribution in [0.4, 0.5) is 4.79 Å². The first kappa shape index (κ1) is 32.7. The molecule has 11 nitrogen and oxygen atoms in total. The van der Waals surface area contributed by atoms with E-state index in [1.807, 2.05) is 0 Å². The van der Waals surface area contributed by atoms with Crippen molar-refractivity contribution in [2.24, 2.45) is 5.73 Å². The molecule has 1 rings (SSSR count). The van der Waals surface area contributed by atoms with Gasteiger partial charge in [0.15, 0.2) is 0 Å². The second-order valence-corrected chi connectivity index (χ2v) is 9.50. The van der Waals surface area contributed by atoms with Gasteiger partial charge in [0.1, 0.15) is 17.7 Å². The number of primary amides is 1. The molecule has 0 radical (unpaired) electrons. The van der Waals surface area contributed by atoms with Crippen LogP contribution in [0.2, 0.25) is 0 Å². The van der Waals surface area contributed by atoms with E-state index in [0.29, 0.717) is 11.1 Å². The summed E-state index contributed by atoms with van der Waals surface area (Å²) in [5, 5.41) is 5.15. The Hall–Kier alpha value is -4.33. The van der Waals surface area contributed by atoms with Crippen molar-refractivity contribution in [2.45, 2.75) is 64.6 Å². The smallest absolute Gasteiger partial charge is 0.408 e. The summed E-state index contributed by atoms with van der Waals surface area (Å²) in [5.74, 6) is 0.0683. The van der Waals surface area contributed by atoms with Gasteiger partial charge in [0.2, 0.25) is 17.7 Å². The predicted molar refractivity (Wildman–Crippen MR) is 145 cm³/mol. The Bertz CT molecular complexity index is 1070. The summed E-state index contributed by atoms with van der Waals surface area (Å²) >= 11 is 0. The summed E-state index contributed by atoms with van der Waals surface area (Å²) < 4.78 is 10.2. The molecule has 0 aliphatic heterocycles. The number of amides is 4. The quantitative estimate of drug-likeness (QED) is 0.184. The van der Waals surface area contributed by atoms with E-state index in [4.69, 9.17) is 21.6 Å². The van der Waals surface area contributed by atoms with Gasteiger partial charge in [-0.25, -0.2) is 4.79 Å². The average Bonchev–Trinajstić information content (AvgIpc) is 2.85. The van der Waals surface area contributed by atoms with Crippen LogP contribution in [0.1, 0.15) is 64.1 Å². The van der Waals surface area contributed by atoms with Crippen molar-refractivity contribution in [3.8, 4) is 12.3 Å². The minimum absolute atomic E-state index is 0.0337. The van der Waals surface area contributed by atoms with Crippen molar-refractivity contribution >= 4 is 29.8 Å². The van der Waals surface area contributed by atoms with Crippen LogP contribution in [0.15, 0.2) is 36.9 Å². The van der Waals surface area contributed by atoms with Crippen LogP contribution in [-0.2, 0) is 28.7 Å². The normalized spacial score (nSPS) is 12.2. The van der Waals surface area contributed by atoms with Crippen LogP contribution in [0.3, 0.4) is 0 Å². The van der Waals surface area contributed by atoms with Crippen LogP contribution < -0.4 is 16.4 Å². The van der Waals surface area contributed by atoms with Crippen molar-refractivity contribution in [2.75, 3.05) is 19.7 Å². The van der Waals surface area contributed by atoms with Crippen LogP contribution in [0.5, 0.6) is 0 Å². The Morgan fingerprint density at radius 1 is 1.15 bits per heavy atom. The Morgan fingerprint density at radius 3 is 2.31 bits per heavy atom. The number of esters is 1. The third kappa shape index (κ3) is 11.7. The number of ether oxygens (including phenoxy) is 2. The number of nitrogens with one attached hydrogen (secondary N) is 2. The summed E-state index contributed by atoms with van der Waals surface area (Å²) in [6.07, 6.45) is 5.59. The number of nitrogens with two attached hydrogens (primary N) is 1. The minimum Gasteiger partial charge on any atom is -0.466 e. The Morgan fingerprint density at radius 2 is 1.79 bits per heavy atom. The first-order valence-corrected chi connectivity index (χ1v) is 12.5. The topological polar surface area (TPSA) is 157 Å². The van der Waals surface area contributed by atoms with E-state index in [0.717, 1.165) is 0 Å². The van der Waals surface area contributed by atoms with Gasteiger partial charge >= 0.3 is 12.1 Å². The summed E-state index contributed by atoms with van der Waals surface area (Å²) in [6.45, 7) is 10.4. The molecule has 2 atom stereocenters. The summed E-state index contributed by atoms with van der Waals surface area (Å²) in [5.41, 5.74) is 5.43. The number of hydrogen-bond acceptors (Lipinski definition) is 7. The van der Waals surface area contributed by atoms with Crippen molar-refractivity contribution < 1.29 is 33.4 Å². The molecule has 1 aromatic carbocycles. The van der Waals surface area contributed by atoms with Crippen LogP contribution in [-0.4, -0.2) is 66.0 Å². The molecule has 0 heterocycles. The molecule has 2 unspecified atom stereocenters. The van der Waals surface area contributed by atoms with Crippen molar-refractivity contribution in [3.05, 3.63) is 48.0 Å². The second-order valence-electron chi connectivity index (χ2n) is 9.50. The average molecular weight is 543 g/mol. The van der Waals surface area contributed by atoms with E-state index in [9.17, 15) is 24.0 Å². The van der Waals surface area contributed by atoms with Gasteiger partial charge in [-0.3, -0.25) is 19.2 Å². The molecule has 4 amide bonds. The highest BCUT2D eigenvalue weighted by Crippen LogP contribution is 2.24. The zero-order chi connectivity index (χ0) is 29.6. The summed E-state index contributed by atoms with van der Waals surface area (Å²) in [7, 11) is 0. The van der Waals surface area contributed by atoms with Crippen LogP contribution in [0.25, 0.3) is 0 Å². The van der Waals surface area contributed by atoms with E-state index in [2.05, 4.69) is 23.1 Å². The molecule has 0 aliphatic rings. The Balaban J connectivity index is 3.40. The zero-order valence-corrected chi connectivity index (χ0v) is 23.0. The van der Waals surface area contributed by atoms with Gasteiger partial charge in [-0.15, -0.1) is 13.0 Å².